The maximum Gasteiger partial charge on any atom is 0.0511 e. The Morgan fingerprint density at radius 3 is 2.63 bits per heavy atom. The van der Waals surface area contributed by atoms with E-state index in [1.807, 2.05) is 30.3 Å². The van der Waals surface area contributed by atoms with E-state index in [2.05, 4.69) is 40.4 Å². The van der Waals surface area contributed by atoms with Gasteiger partial charge in [-0.3, -0.25) is 11.3 Å². The standard InChI is InChI=1S/C15H16BrClN2/c1-10-4-2-3-5-11(10)8-15(19-18)13-7-6-12(17)9-14(13)16/h2-7,9,15,19H,8,18H2,1H3. The first-order valence-corrected chi connectivity index (χ1v) is 7.24. The van der Waals surface area contributed by atoms with Crippen molar-refractivity contribution in [3.63, 3.8) is 0 Å². The highest BCUT2D eigenvalue weighted by Gasteiger charge is 2.14. The average Bonchev–Trinajstić information content (AvgIpc) is 2.39. The lowest BCUT2D eigenvalue weighted by Gasteiger charge is -2.19. The van der Waals surface area contributed by atoms with Crippen LogP contribution in [0.1, 0.15) is 22.7 Å². The zero-order chi connectivity index (χ0) is 13.8. The Kier molecular flexibility index (Phi) is 4.99. The number of aryl methyl sites for hydroxylation is 1. The van der Waals surface area contributed by atoms with Crippen LogP contribution in [-0.4, -0.2) is 0 Å². The van der Waals surface area contributed by atoms with Gasteiger partial charge in [0.25, 0.3) is 0 Å². The molecular formula is C15H16BrClN2. The molecule has 0 saturated heterocycles. The normalized spacial score (nSPS) is 12.4. The summed E-state index contributed by atoms with van der Waals surface area (Å²) in [4.78, 5) is 0. The minimum atomic E-state index is 0.0488. The van der Waals surface area contributed by atoms with Gasteiger partial charge < -0.3 is 0 Å². The van der Waals surface area contributed by atoms with Gasteiger partial charge in [-0.1, -0.05) is 57.9 Å². The van der Waals surface area contributed by atoms with Crippen molar-refractivity contribution in [3.05, 3.63) is 68.7 Å². The molecule has 4 heteroatoms. The van der Waals surface area contributed by atoms with Gasteiger partial charge in [0.1, 0.15) is 0 Å². The maximum absolute atomic E-state index is 5.97. The molecule has 100 valence electrons. The molecule has 0 fully saturated rings. The lowest BCUT2D eigenvalue weighted by Crippen LogP contribution is -2.30. The third-order valence-electron chi connectivity index (χ3n) is 3.22. The molecule has 0 aromatic heterocycles. The lowest BCUT2D eigenvalue weighted by molar-refractivity contribution is 0.549. The van der Waals surface area contributed by atoms with Crippen molar-refractivity contribution in [2.75, 3.05) is 0 Å². The van der Waals surface area contributed by atoms with Gasteiger partial charge in [-0.05, 0) is 42.2 Å². The Labute approximate surface area is 127 Å². The summed E-state index contributed by atoms with van der Waals surface area (Å²) in [6.07, 6.45) is 0.837. The molecule has 0 heterocycles. The Bertz CT molecular complexity index is 572. The van der Waals surface area contributed by atoms with Crippen LogP contribution in [0.15, 0.2) is 46.9 Å². The molecule has 0 spiro atoms. The SMILES string of the molecule is Cc1ccccc1CC(NN)c1ccc(Cl)cc1Br. The molecule has 1 atom stereocenters. The summed E-state index contributed by atoms with van der Waals surface area (Å²) in [6.45, 7) is 2.11. The predicted octanol–water partition coefficient (Wildman–Crippen LogP) is 4.16. The van der Waals surface area contributed by atoms with E-state index in [-0.39, 0.29) is 6.04 Å². The summed E-state index contributed by atoms with van der Waals surface area (Å²) in [5.74, 6) is 5.71. The molecule has 19 heavy (non-hydrogen) atoms. The van der Waals surface area contributed by atoms with Crippen LogP contribution in [0.4, 0.5) is 0 Å². The monoisotopic (exact) mass is 338 g/mol. The fourth-order valence-corrected chi connectivity index (χ4v) is 3.06. The van der Waals surface area contributed by atoms with Crippen molar-refractivity contribution >= 4 is 27.5 Å². The lowest BCUT2D eigenvalue weighted by atomic mass is 9.96. The van der Waals surface area contributed by atoms with Gasteiger partial charge in [-0.25, -0.2) is 0 Å². The van der Waals surface area contributed by atoms with E-state index in [4.69, 9.17) is 17.4 Å². The molecule has 2 aromatic rings. The van der Waals surface area contributed by atoms with Gasteiger partial charge in [-0.2, -0.15) is 0 Å². The Morgan fingerprint density at radius 1 is 1.26 bits per heavy atom. The first kappa shape index (κ1) is 14.5. The largest absolute Gasteiger partial charge is 0.271 e. The molecule has 0 aliphatic rings. The van der Waals surface area contributed by atoms with Crippen LogP contribution in [0.3, 0.4) is 0 Å². The summed E-state index contributed by atoms with van der Waals surface area (Å²) >= 11 is 9.51. The van der Waals surface area contributed by atoms with Gasteiger partial charge >= 0.3 is 0 Å². The molecule has 1 unspecified atom stereocenters. The van der Waals surface area contributed by atoms with E-state index < -0.39 is 0 Å². The third kappa shape index (κ3) is 3.57. The quantitative estimate of drug-likeness (QED) is 0.648. The minimum Gasteiger partial charge on any atom is -0.271 e. The topological polar surface area (TPSA) is 38.0 Å². The van der Waals surface area contributed by atoms with Crippen LogP contribution >= 0.6 is 27.5 Å². The summed E-state index contributed by atoms with van der Waals surface area (Å²) < 4.78 is 0.969. The smallest absolute Gasteiger partial charge is 0.0511 e. The first-order chi connectivity index (χ1) is 9.11. The molecule has 3 N–H and O–H groups in total. The number of nitrogens with two attached hydrogens (primary N) is 1. The van der Waals surface area contributed by atoms with Crippen molar-refractivity contribution in [2.45, 2.75) is 19.4 Å². The molecule has 2 nitrogen and oxygen atoms in total. The fourth-order valence-electron chi connectivity index (χ4n) is 2.10. The summed E-state index contributed by atoms with van der Waals surface area (Å²) in [7, 11) is 0. The Morgan fingerprint density at radius 2 is 2.00 bits per heavy atom. The molecule has 0 amide bonds. The number of halogens is 2. The van der Waals surface area contributed by atoms with Crippen molar-refractivity contribution < 1.29 is 0 Å². The number of benzene rings is 2. The Hall–Kier alpha value is -0.870. The molecule has 0 bridgehead atoms. The highest BCUT2D eigenvalue weighted by Crippen LogP contribution is 2.28. The minimum absolute atomic E-state index is 0.0488. The van der Waals surface area contributed by atoms with Crippen LogP contribution in [0, 0.1) is 6.92 Å². The van der Waals surface area contributed by atoms with Crippen LogP contribution in [0.5, 0.6) is 0 Å². The molecule has 0 aliphatic heterocycles. The molecule has 2 rings (SSSR count). The Balaban J connectivity index is 2.28. The average molecular weight is 340 g/mol. The second-order valence-corrected chi connectivity index (χ2v) is 5.81. The number of rotatable bonds is 4. The zero-order valence-electron chi connectivity index (χ0n) is 10.7. The van der Waals surface area contributed by atoms with Crippen LogP contribution in [-0.2, 0) is 6.42 Å². The van der Waals surface area contributed by atoms with Gasteiger partial charge in [0.05, 0.1) is 6.04 Å². The molecule has 0 aliphatic carbocycles. The highest BCUT2D eigenvalue weighted by molar-refractivity contribution is 9.10. The van der Waals surface area contributed by atoms with Crippen LogP contribution in [0.2, 0.25) is 5.02 Å². The van der Waals surface area contributed by atoms with Gasteiger partial charge in [0.15, 0.2) is 0 Å². The second-order valence-electron chi connectivity index (χ2n) is 4.52. The van der Waals surface area contributed by atoms with Crippen molar-refractivity contribution in [3.8, 4) is 0 Å². The number of hydrazine groups is 1. The van der Waals surface area contributed by atoms with E-state index in [9.17, 15) is 0 Å². The van der Waals surface area contributed by atoms with Crippen LogP contribution in [0.25, 0.3) is 0 Å². The predicted molar refractivity (Wildman–Crippen MR) is 84.1 cm³/mol. The summed E-state index contributed by atoms with van der Waals surface area (Å²) in [5, 5.41) is 0.710. The van der Waals surface area contributed by atoms with Crippen molar-refractivity contribution in [1.29, 1.82) is 0 Å². The third-order valence-corrected chi connectivity index (χ3v) is 4.15. The van der Waals surface area contributed by atoms with E-state index in [0.29, 0.717) is 5.02 Å². The van der Waals surface area contributed by atoms with Gasteiger partial charge in [-0.15, -0.1) is 0 Å². The number of nitrogens with one attached hydrogen (secondary N) is 1. The van der Waals surface area contributed by atoms with Crippen molar-refractivity contribution in [1.82, 2.24) is 5.43 Å². The van der Waals surface area contributed by atoms with E-state index >= 15 is 0 Å². The fraction of sp³-hybridized carbons (Fsp3) is 0.200. The highest BCUT2D eigenvalue weighted by atomic mass is 79.9. The summed E-state index contributed by atoms with van der Waals surface area (Å²) in [6, 6.07) is 14.1. The van der Waals surface area contributed by atoms with Gasteiger partial charge in [0, 0.05) is 9.50 Å². The number of hydrogen-bond donors (Lipinski definition) is 2. The van der Waals surface area contributed by atoms with E-state index in [1.54, 1.807) is 0 Å². The molecule has 2 aromatic carbocycles. The molecule has 0 radical (unpaired) electrons. The van der Waals surface area contributed by atoms with Gasteiger partial charge in [0.2, 0.25) is 0 Å². The maximum atomic E-state index is 5.97. The summed E-state index contributed by atoms with van der Waals surface area (Å²) in [5.41, 5.74) is 6.54. The number of hydrogen-bond acceptors (Lipinski definition) is 2. The van der Waals surface area contributed by atoms with E-state index in [1.165, 1.54) is 11.1 Å². The molecule has 0 saturated carbocycles. The first-order valence-electron chi connectivity index (χ1n) is 6.07. The van der Waals surface area contributed by atoms with Crippen LogP contribution < -0.4 is 11.3 Å². The van der Waals surface area contributed by atoms with E-state index in [0.717, 1.165) is 16.5 Å². The van der Waals surface area contributed by atoms with Crippen molar-refractivity contribution in [2.24, 2.45) is 5.84 Å². The second kappa shape index (κ2) is 6.53. The molecular weight excluding hydrogens is 324 g/mol. The zero-order valence-corrected chi connectivity index (χ0v) is 13.0.